The lowest BCUT2D eigenvalue weighted by atomic mass is 9.82. The average Bonchev–Trinajstić information content (AvgIpc) is 2.76. The van der Waals surface area contributed by atoms with Gasteiger partial charge in [0, 0.05) is 9.50 Å². The quantitative estimate of drug-likeness (QED) is 0.815. The molecule has 0 spiro atoms. The molecular formula is C16H14BrClN2O. The molecule has 1 aliphatic heterocycles. The summed E-state index contributed by atoms with van der Waals surface area (Å²) in [6, 6.07) is 15.2. The molecule has 2 aromatic carbocycles. The highest BCUT2D eigenvalue weighted by Gasteiger charge is 2.44. The highest BCUT2D eigenvalue weighted by Crippen LogP contribution is 2.38. The maximum absolute atomic E-state index is 11.9. The minimum Gasteiger partial charge on any atom is -0.329 e. The molecule has 0 aliphatic carbocycles. The molecule has 1 saturated heterocycles. The molecule has 5 heteroatoms. The zero-order valence-corrected chi connectivity index (χ0v) is 13.7. The molecule has 0 saturated carbocycles. The summed E-state index contributed by atoms with van der Waals surface area (Å²) in [5, 5.41) is 6.70. The predicted molar refractivity (Wildman–Crippen MR) is 87.4 cm³/mol. The Kier molecular flexibility index (Phi) is 3.68. The number of carbonyl (C=O) groups is 1. The summed E-state index contributed by atoms with van der Waals surface area (Å²) in [6.07, 6.45) is 0. The molecule has 108 valence electrons. The predicted octanol–water partition coefficient (Wildman–Crippen LogP) is 4.37. The fourth-order valence-corrected chi connectivity index (χ4v) is 3.12. The fraction of sp³-hybridized carbons (Fsp3) is 0.188. The first-order chi connectivity index (χ1) is 9.99. The molecule has 2 atom stereocenters. The van der Waals surface area contributed by atoms with E-state index in [1.165, 1.54) is 0 Å². The molecular weight excluding hydrogens is 352 g/mol. The summed E-state index contributed by atoms with van der Waals surface area (Å²) in [5.41, 5.74) is 1.55. The van der Waals surface area contributed by atoms with Crippen molar-refractivity contribution in [3.05, 3.63) is 69.2 Å². The average molecular weight is 366 g/mol. The summed E-state index contributed by atoms with van der Waals surface area (Å²) in [4.78, 5) is 11.9. The first-order valence-electron chi connectivity index (χ1n) is 6.59. The third-order valence-electron chi connectivity index (χ3n) is 3.87. The van der Waals surface area contributed by atoms with Crippen molar-refractivity contribution >= 4 is 33.6 Å². The Morgan fingerprint density at radius 3 is 2.33 bits per heavy atom. The second-order valence-electron chi connectivity index (χ2n) is 5.29. The summed E-state index contributed by atoms with van der Waals surface area (Å²) in [6.45, 7) is 2.02. The lowest BCUT2D eigenvalue weighted by Crippen LogP contribution is -2.39. The molecule has 0 radical (unpaired) electrons. The van der Waals surface area contributed by atoms with Crippen molar-refractivity contribution < 1.29 is 4.79 Å². The van der Waals surface area contributed by atoms with Crippen LogP contribution in [0.25, 0.3) is 0 Å². The highest BCUT2D eigenvalue weighted by molar-refractivity contribution is 9.10. The van der Waals surface area contributed by atoms with Gasteiger partial charge in [-0.2, -0.15) is 0 Å². The van der Waals surface area contributed by atoms with Crippen LogP contribution in [-0.4, -0.2) is 6.03 Å². The van der Waals surface area contributed by atoms with E-state index in [4.69, 9.17) is 11.6 Å². The van der Waals surface area contributed by atoms with Gasteiger partial charge in [-0.1, -0.05) is 51.8 Å². The Balaban J connectivity index is 2.04. The zero-order valence-electron chi connectivity index (χ0n) is 11.4. The van der Waals surface area contributed by atoms with E-state index in [0.717, 1.165) is 15.6 Å². The third kappa shape index (κ3) is 2.65. The second-order valence-corrected chi connectivity index (χ2v) is 6.64. The van der Waals surface area contributed by atoms with Crippen molar-refractivity contribution in [2.24, 2.45) is 0 Å². The molecule has 1 heterocycles. The van der Waals surface area contributed by atoms with Gasteiger partial charge in [0.1, 0.15) is 0 Å². The summed E-state index contributed by atoms with van der Waals surface area (Å²) in [7, 11) is 0. The van der Waals surface area contributed by atoms with E-state index in [-0.39, 0.29) is 12.1 Å². The first kappa shape index (κ1) is 14.4. The highest BCUT2D eigenvalue weighted by atomic mass is 79.9. The Hall–Kier alpha value is -1.52. The maximum atomic E-state index is 11.9. The molecule has 3 rings (SSSR count). The van der Waals surface area contributed by atoms with Crippen molar-refractivity contribution in [3.8, 4) is 0 Å². The van der Waals surface area contributed by atoms with Crippen molar-refractivity contribution in [1.29, 1.82) is 0 Å². The van der Waals surface area contributed by atoms with Gasteiger partial charge in [0.25, 0.3) is 0 Å². The van der Waals surface area contributed by atoms with Crippen LogP contribution in [0.1, 0.15) is 24.1 Å². The van der Waals surface area contributed by atoms with Crippen LogP contribution in [-0.2, 0) is 5.54 Å². The number of hydrogen-bond donors (Lipinski definition) is 2. The van der Waals surface area contributed by atoms with E-state index in [2.05, 4.69) is 26.6 Å². The summed E-state index contributed by atoms with van der Waals surface area (Å²) in [5.74, 6) is 0. The third-order valence-corrected chi connectivity index (χ3v) is 4.65. The van der Waals surface area contributed by atoms with Gasteiger partial charge in [-0.25, -0.2) is 4.79 Å². The smallest absolute Gasteiger partial charge is 0.316 e. The number of halogens is 2. The summed E-state index contributed by atoms with van der Waals surface area (Å²) >= 11 is 9.38. The minimum atomic E-state index is -0.508. The fourth-order valence-electron chi connectivity index (χ4n) is 2.73. The van der Waals surface area contributed by atoms with Crippen molar-refractivity contribution in [1.82, 2.24) is 10.6 Å². The number of carbonyl (C=O) groups excluding carboxylic acids is 1. The molecule has 2 N–H and O–H groups in total. The van der Waals surface area contributed by atoms with Gasteiger partial charge in [-0.05, 0) is 42.3 Å². The van der Waals surface area contributed by atoms with Gasteiger partial charge in [0.15, 0.2) is 0 Å². The molecule has 2 aromatic rings. The van der Waals surface area contributed by atoms with E-state index >= 15 is 0 Å². The lowest BCUT2D eigenvalue weighted by molar-refractivity contribution is 0.245. The van der Waals surface area contributed by atoms with E-state index in [0.29, 0.717) is 5.02 Å². The van der Waals surface area contributed by atoms with Crippen LogP contribution < -0.4 is 10.6 Å². The van der Waals surface area contributed by atoms with Crippen LogP contribution in [0, 0.1) is 0 Å². The topological polar surface area (TPSA) is 41.1 Å². The Morgan fingerprint density at radius 2 is 1.71 bits per heavy atom. The lowest BCUT2D eigenvalue weighted by Gasteiger charge is -2.31. The van der Waals surface area contributed by atoms with Gasteiger partial charge in [-0.3, -0.25) is 0 Å². The number of hydrogen-bond acceptors (Lipinski definition) is 1. The molecule has 1 aliphatic rings. The monoisotopic (exact) mass is 364 g/mol. The van der Waals surface area contributed by atoms with Crippen LogP contribution in [0.2, 0.25) is 5.02 Å². The normalized spacial score (nSPS) is 24.5. The number of benzene rings is 2. The molecule has 2 unspecified atom stereocenters. The Morgan fingerprint density at radius 1 is 1.10 bits per heavy atom. The molecule has 3 nitrogen and oxygen atoms in total. The van der Waals surface area contributed by atoms with E-state index in [9.17, 15) is 4.79 Å². The standard InChI is InChI=1S/C16H14BrClN2O/c1-16(11-4-6-12(17)7-5-11)14(19-15(21)20-16)10-2-8-13(18)9-3-10/h2-9,14H,1H3,(H2,19,20,21). The van der Waals surface area contributed by atoms with E-state index in [1.54, 1.807) is 0 Å². The van der Waals surface area contributed by atoms with Crippen LogP contribution in [0.3, 0.4) is 0 Å². The SMILES string of the molecule is CC1(c2ccc(Br)cc2)NC(=O)NC1c1ccc(Cl)cc1. The number of rotatable bonds is 2. The maximum Gasteiger partial charge on any atom is 0.316 e. The molecule has 1 fully saturated rings. The van der Waals surface area contributed by atoms with Crippen molar-refractivity contribution in [3.63, 3.8) is 0 Å². The number of amides is 2. The van der Waals surface area contributed by atoms with Crippen molar-refractivity contribution in [2.75, 3.05) is 0 Å². The van der Waals surface area contributed by atoms with Crippen molar-refractivity contribution in [2.45, 2.75) is 18.5 Å². The van der Waals surface area contributed by atoms with Crippen LogP contribution in [0.4, 0.5) is 4.79 Å². The Bertz CT molecular complexity index is 672. The van der Waals surface area contributed by atoms with Gasteiger partial charge in [0.05, 0.1) is 11.6 Å². The van der Waals surface area contributed by atoms with E-state index < -0.39 is 5.54 Å². The molecule has 2 amide bonds. The molecule has 21 heavy (non-hydrogen) atoms. The van der Waals surface area contributed by atoms with E-state index in [1.807, 2.05) is 55.5 Å². The largest absolute Gasteiger partial charge is 0.329 e. The van der Waals surface area contributed by atoms with Gasteiger partial charge < -0.3 is 10.6 Å². The van der Waals surface area contributed by atoms with Crippen LogP contribution >= 0.6 is 27.5 Å². The summed E-state index contributed by atoms with van der Waals surface area (Å²) < 4.78 is 1.01. The van der Waals surface area contributed by atoms with Gasteiger partial charge >= 0.3 is 6.03 Å². The molecule has 0 aromatic heterocycles. The van der Waals surface area contributed by atoms with Gasteiger partial charge in [0.2, 0.25) is 0 Å². The zero-order chi connectivity index (χ0) is 15.0. The van der Waals surface area contributed by atoms with Crippen LogP contribution in [0.5, 0.6) is 0 Å². The number of urea groups is 1. The molecule has 0 bridgehead atoms. The van der Waals surface area contributed by atoms with Gasteiger partial charge in [-0.15, -0.1) is 0 Å². The first-order valence-corrected chi connectivity index (χ1v) is 7.76. The number of nitrogens with one attached hydrogen (secondary N) is 2. The Labute approximate surface area is 136 Å². The van der Waals surface area contributed by atoms with Crippen LogP contribution in [0.15, 0.2) is 53.0 Å². The second kappa shape index (κ2) is 5.35. The minimum absolute atomic E-state index is 0.150.